The SMILES string of the molecule is Cc1ccc(C(=O)Nc2cc(C(=O)O)ccc2N2CCN(c3cccc(C)c3)[C@H](C)C2)cc1. The van der Waals surface area contributed by atoms with Crippen LogP contribution in [-0.2, 0) is 0 Å². The first-order chi connectivity index (χ1) is 15.8. The van der Waals surface area contributed by atoms with Crippen LogP contribution in [0.5, 0.6) is 0 Å². The molecule has 1 saturated heterocycles. The van der Waals surface area contributed by atoms with Crippen LogP contribution in [0.2, 0.25) is 0 Å². The molecule has 4 rings (SSSR count). The molecular weight excluding hydrogens is 414 g/mol. The number of hydrogen-bond donors (Lipinski definition) is 2. The molecule has 0 aromatic heterocycles. The molecule has 0 aliphatic carbocycles. The van der Waals surface area contributed by atoms with Crippen molar-refractivity contribution < 1.29 is 14.7 Å². The van der Waals surface area contributed by atoms with E-state index in [1.807, 2.05) is 19.1 Å². The van der Waals surface area contributed by atoms with E-state index < -0.39 is 5.97 Å². The molecule has 2 N–H and O–H groups in total. The van der Waals surface area contributed by atoms with Gasteiger partial charge in [-0.1, -0.05) is 29.8 Å². The Hall–Kier alpha value is -3.80. The van der Waals surface area contributed by atoms with Gasteiger partial charge in [-0.15, -0.1) is 0 Å². The summed E-state index contributed by atoms with van der Waals surface area (Å²) in [7, 11) is 0. The maximum Gasteiger partial charge on any atom is 0.335 e. The topological polar surface area (TPSA) is 72.9 Å². The number of aromatic carboxylic acids is 1. The highest BCUT2D eigenvalue weighted by molar-refractivity contribution is 6.06. The number of amides is 1. The standard InChI is InChI=1S/C27H29N3O3/c1-18-7-9-21(10-8-18)26(31)28-24-16-22(27(32)33)11-12-25(24)29-13-14-30(20(3)17-29)23-6-4-5-19(2)15-23/h4-12,15-16,20H,13-14,17H2,1-3H3,(H,28,31)(H,32,33)/t20-/m1/s1. The van der Waals surface area contributed by atoms with Crippen molar-refractivity contribution in [1.29, 1.82) is 0 Å². The highest BCUT2D eigenvalue weighted by Gasteiger charge is 2.26. The summed E-state index contributed by atoms with van der Waals surface area (Å²) in [6, 6.07) is 21.0. The van der Waals surface area contributed by atoms with E-state index in [9.17, 15) is 14.7 Å². The van der Waals surface area contributed by atoms with Gasteiger partial charge in [0.2, 0.25) is 0 Å². The van der Waals surface area contributed by atoms with Crippen LogP contribution in [-0.4, -0.2) is 42.7 Å². The number of rotatable bonds is 5. The highest BCUT2D eigenvalue weighted by Crippen LogP contribution is 2.31. The van der Waals surface area contributed by atoms with Crippen LogP contribution in [0.15, 0.2) is 66.7 Å². The molecular formula is C27H29N3O3. The van der Waals surface area contributed by atoms with Gasteiger partial charge in [0.1, 0.15) is 0 Å². The number of carboxylic acid groups (broad SMARTS) is 1. The Kier molecular flexibility index (Phi) is 6.36. The van der Waals surface area contributed by atoms with Gasteiger partial charge in [0, 0.05) is 36.9 Å². The molecule has 6 heteroatoms. The van der Waals surface area contributed by atoms with Crippen LogP contribution >= 0.6 is 0 Å². The first-order valence-corrected chi connectivity index (χ1v) is 11.2. The molecule has 0 spiro atoms. The van der Waals surface area contributed by atoms with Crippen molar-refractivity contribution >= 4 is 28.9 Å². The van der Waals surface area contributed by atoms with Crippen LogP contribution in [0.4, 0.5) is 17.1 Å². The fraction of sp³-hybridized carbons (Fsp3) is 0.259. The largest absolute Gasteiger partial charge is 0.478 e. The van der Waals surface area contributed by atoms with Gasteiger partial charge < -0.3 is 20.2 Å². The molecule has 6 nitrogen and oxygen atoms in total. The van der Waals surface area contributed by atoms with Crippen molar-refractivity contribution in [2.24, 2.45) is 0 Å². The fourth-order valence-corrected chi connectivity index (χ4v) is 4.31. The Morgan fingerprint density at radius 3 is 2.30 bits per heavy atom. The molecule has 1 heterocycles. The van der Waals surface area contributed by atoms with E-state index in [0.717, 1.165) is 30.9 Å². The molecule has 0 radical (unpaired) electrons. The molecule has 1 aliphatic rings. The van der Waals surface area contributed by atoms with E-state index in [1.54, 1.807) is 30.3 Å². The Morgan fingerprint density at radius 1 is 0.909 bits per heavy atom. The van der Waals surface area contributed by atoms with E-state index in [2.05, 4.69) is 53.2 Å². The number of piperazine rings is 1. The molecule has 0 bridgehead atoms. The third-order valence-corrected chi connectivity index (χ3v) is 6.11. The molecule has 0 saturated carbocycles. The molecule has 33 heavy (non-hydrogen) atoms. The van der Waals surface area contributed by atoms with Crippen LogP contribution in [0.1, 0.15) is 38.8 Å². The van der Waals surface area contributed by atoms with Crippen molar-refractivity contribution in [1.82, 2.24) is 0 Å². The maximum atomic E-state index is 12.9. The van der Waals surface area contributed by atoms with Crippen molar-refractivity contribution in [3.8, 4) is 0 Å². The summed E-state index contributed by atoms with van der Waals surface area (Å²) in [6.45, 7) is 8.60. The van der Waals surface area contributed by atoms with E-state index in [4.69, 9.17) is 0 Å². The first kappa shape index (κ1) is 22.4. The van der Waals surface area contributed by atoms with E-state index >= 15 is 0 Å². The third-order valence-electron chi connectivity index (χ3n) is 6.11. The molecule has 1 amide bonds. The second-order valence-electron chi connectivity index (χ2n) is 8.68. The minimum atomic E-state index is -1.02. The summed E-state index contributed by atoms with van der Waals surface area (Å²) in [5.74, 6) is -1.28. The second-order valence-corrected chi connectivity index (χ2v) is 8.68. The fourth-order valence-electron chi connectivity index (χ4n) is 4.31. The third kappa shape index (κ3) is 5.00. The van der Waals surface area contributed by atoms with Gasteiger partial charge in [0.05, 0.1) is 16.9 Å². The lowest BCUT2D eigenvalue weighted by atomic mass is 10.1. The average Bonchev–Trinajstić information content (AvgIpc) is 2.79. The van der Waals surface area contributed by atoms with Crippen LogP contribution in [0, 0.1) is 13.8 Å². The lowest BCUT2D eigenvalue weighted by molar-refractivity contribution is 0.0696. The average molecular weight is 444 g/mol. The Balaban J connectivity index is 1.59. The summed E-state index contributed by atoms with van der Waals surface area (Å²) in [6.07, 6.45) is 0. The monoisotopic (exact) mass is 443 g/mol. The van der Waals surface area contributed by atoms with Gasteiger partial charge in [-0.25, -0.2) is 4.79 Å². The lowest BCUT2D eigenvalue weighted by Gasteiger charge is -2.43. The smallest absolute Gasteiger partial charge is 0.335 e. The zero-order chi connectivity index (χ0) is 23.5. The zero-order valence-corrected chi connectivity index (χ0v) is 19.2. The van der Waals surface area contributed by atoms with Crippen molar-refractivity contribution in [3.63, 3.8) is 0 Å². The minimum absolute atomic E-state index is 0.143. The van der Waals surface area contributed by atoms with Crippen LogP contribution in [0.25, 0.3) is 0 Å². The maximum absolute atomic E-state index is 12.9. The number of nitrogens with one attached hydrogen (secondary N) is 1. The van der Waals surface area contributed by atoms with Gasteiger partial charge in [-0.05, 0) is 68.8 Å². The van der Waals surface area contributed by atoms with Crippen LogP contribution < -0.4 is 15.1 Å². The summed E-state index contributed by atoms with van der Waals surface area (Å²) < 4.78 is 0. The van der Waals surface area contributed by atoms with Crippen molar-refractivity contribution in [2.75, 3.05) is 34.8 Å². The predicted molar refractivity (Wildman–Crippen MR) is 133 cm³/mol. The second kappa shape index (κ2) is 9.36. The summed E-state index contributed by atoms with van der Waals surface area (Å²) in [4.78, 5) is 29.1. The summed E-state index contributed by atoms with van der Waals surface area (Å²) in [5.41, 5.74) is 5.52. The molecule has 1 aliphatic heterocycles. The Labute approximate surface area is 194 Å². The summed E-state index contributed by atoms with van der Waals surface area (Å²) >= 11 is 0. The molecule has 3 aromatic rings. The van der Waals surface area contributed by atoms with Gasteiger partial charge in [0.25, 0.3) is 5.91 Å². The molecule has 170 valence electrons. The van der Waals surface area contributed by atoms with Gasteiger partial charge >= 0.3 is 5.97 Å². The molecule has 1 fully saturated rings. The van der Waals surface area contributed by atoms with Gasteiger partial charge in [-0.3, -0.25) is 4.79 Å². The van der Waals surface area contributed by atoms with Gasteiger partial charge in [-0.2, -0.15) is 0 Å². The van der Waals surface area contributed by atoms with Crippen molar-refractivity contribution in [2.45, 2.75) is 26.8 Å². The molecule has 0 unspecified atom stereocenters. The first-order valence-electron chi connectivity index (χ1n) is 11.2. The predicted octanol–water partition coefficient (Wildman–Crippen LogP) is 4.97. The van der Waals surface area contributed by atoms with E-state index in [0.29, 0.717) is 11.3 Å². The number of carbonyl (C=O) groups excluding carboxylic acids is 1. The Bertz CT molecular complexity index is 1170. The number of benzene rings is 3. The number of carbonyl (C=O) groups is 2. The number of nitrogens with zero attached hydrogens (tertiary/aromatic N) is 2. The van der Waals surface area contributed by atoms with E-state index in [-0.39, 0.29) is 17.5 Å². The van der Waals surface area contributed by atoms with Gasteiger partial charge in [0.15, 0.2) is 0 Å². The molecule has 3 aromatic carbocycles. The normalized spacial score (nSPS) is 15.9. The molecule has 1 atom stereocenters. The highest BCUT2D eigenvalue weighted by atomic mass is 16.4. The van der Waals surface area contributed by atoms with Crippen LogP contribution in [0.3, 0.4) is 0 Å². The van der Waals surface area contributed by atoms with Crippen molar-refractivity contribution in [3.05, 3.63) is 89.0 Å². The minimum Gasteiger partial charge on any atom is -0.478 e. The Morgan fingerprint density at radius 2 is 1.64 bits per heavy atom. The summed E-state index contributed by atoms with van der Waals surface area (Å²) in [5, 5.41) is 12.4. The number of carboxylic acids is 1. The zero-order valence-electron chi connectivity index (χ0n) is 19.2. The number of hydrogen-bond acceptors (Lipinski definition) is 4. The van der Waals surface area contributed by atoms with E-state index in [1.165, 1.54) is 11.3 Å². The quantitative estimate of drug-likeness (QED) is 0.583. The number of anilines is 3. The number of aryl methyl sites for hydroxylation is 2. The lowest BCUT2D eigenvalue weighted by Crippen LogP contribution is -2.52.